The number of benzene rings is 1. The minimum Gasteiger partial charge on any atom is -0.380 e. The van der Waals surface area contributed by atoms with Crippen LogP contribution in [-0.4, -0.2) is 18.8 Å². The van der Waals surface area contributed by atoms with Crippen molar-refractivity contribution >= 4 is 37.5 Å². The number of nitrogens with one attached hydrogen (secondary N) is 1. The van der Waals surface area contributed by atoms with Crippen molar-refractivity contribution in [2.45, 2.75) is 57.6 Å². The number of anilines is 1. The van der Waals surface area contributed by atoms with Crippen LogP contribution in [-0.2, 0) is 4.74 Å². The lowest BCUT2D eigenvalue weighted by molar-refractivity contribution is -0.134. The Balaban J connectivity index is 1.79. The molecule has 0 heterocycles. The van der Waals surface area contributed by atoms with Crippen LogP contribution >= 0.6 is 31.9 Å². The van der Waals surface area contributed by atoms with Crippen LogP contribution in [0.5, 0.6) is 0 Å². The first-order valence-electron chi connectivity index (χ1n) is 7.99. The van der Waals surface area contributed by atoms with E-state index in [2.05, 4.69) is 62.3 Å². The lowest BCUT2D eigenvalue weighted by Crippen LogP contribution is -2.62. The average molecular weight is 417 g/mol. The summed E-state index contributed by atoms with van der Waals surface area (Å²) in [6.07, 6.45) is 8.25. The molecule has 21 heavy (non-hydrogen) atoms. The highest BCUT2D eigenvalue weighted by Gasteiger charge is 2.55. The highest BCUT2D eigenvalue weighted by atomic mass is 79.9. The monoisotopic (exact) mass is 415 g/mol. The molecule has 1 spiro atoms. The fourth-order valence-corrected chi connectivity index (χ4v) is 5.30. The minimum absolute atomic E-state index is 0.350. The number of rotatable bonds is 4. The maximum atomic E-state index is 6.04. The molecule has 0 bridgehead atoms. The first-order valence-corrected chi connectivity index (χ1v) is 9.58. The summed E-state index contributed by atoms with van der Waals surface area (Å²) < 4.78 is 8.29. The zero-order valence-corrected chi connectivity index (χ0v) is 15.7. The summed E-state index contributed by atoms with van der Waals surface area (Å²) >= 11 is 7.33. The second-order valence-electron chi connectivity index (χ2n) is 6.27. The molecule has 2 nitrogen and oxygen atoms in total. The summed E-state index contributed by atoms with van der Waals surface area (Å²) in [5.74, 6) is 0. The Morgan fingerprint density at radius 2 is 1.86 bits per heavy atom. The highest BCUT2D eigenvalue weighted by molar-refractivity contribution is 9.11. The van der Waals surface area contributed by atoms with Gasteiger partial charge in [-0.1, -0.05) is 25.3 Å². The molecule has 2 unspecified atom stereocenters. The van der Waals surface area contributed by atoms with Crippen LogP contribution in [0, 0.1) is 5.41 Å². The second-order valence-corrected chi connectivity index (χ2v) is 7.98. The van der Waals surface area contributed by atoms with E-state index in [4.69, 9.17) is 4.74 Å². The normalized spacial score (nSPS) is 27.4. The lowest BCUT2D eigenvalue weighted by atomic mass is 9.55. The SMILES string of the molecule is CCOC1CC(Nc2c(Br)cccc2Br)C12CCCCC2. The molecule has 2 aliphatic rings. The molecule has 0 radical (unpaired) electrons. The van der Waals surface area contributed by atoms with Crippen LogP contribution in [0.15, 0.2) is 27.1 Å². The number of hydrogen-bond donors (Lipinski definition) is 1. The molecule has 2 aliphatic carbocycles. The van der Waals surface area contributed by atoms with Gasteiger partial charge in [-0.2, -0.15) is 0 Å². The number of para-hydroxylation sites is 1. The summed E-state index contributed by atoms with van der Waals surface area (Å²) in [5.41, 5.74) is 1.53. The standard InChI is InChI=1S/C17H23Br2NO/c1-2-21-15-11-14(17(15)9-4-3-5-10-17)20-16-12(18)7-6-8-13(16)19/h6-8,14-15,20H,2-5,9-11H2,1H3. The van der Waals surface area contributed by atoms with Crippen molar-refractivity contribution in [2.75, 3.05) is 11.9 Å². The van der Waals surface area contributed by atoms with E-state index in [-0.39, 0.29) is 0 Å². The molecule has 2 fully saturated rings. The predicted octanol–water partition coefficient (Wildman–Crippen LogP) is 5.75. The molecule has 2 atom stereocenters. The van der Waals surface area contributed by atoms with Crippen molar-refractivity contribution in [2.24, 2.45) is 5.41 Å². The van der Waals surface area contributed by atoms with Crippen molar-refractivity contribution in [1.29, 1.82) is 0 Å². The fraction of sp³-hybridized carbons (Fsp3) is 0.647. The quantitative estimate of drug-likeness (QED) is 0.674. The van der Waals surface area contributed by atoms with Crippen molar-refractivity contribution in [3.05, 3.63) is 27.1 Å². The van der Waals surface area contributed by atoms with Gasteiger partial charge in [0, 0.05) is 27.0 Å². The Morgan fingerprint density at radius 3 is 2.48 bits per heavy atom. The summed E-state index contributed by atoms with van der Waals surface area (Å²) in [6.45, 7) is 2.94. The van der Waals surface area contributed by atoms with E-state index in [0.717, 1.165) is 22.0 Å². The Hall–Kier alpha value is -0.0600. The van der Waals surface area contributed by atoms with Crippen molar-refractivity contribution in [3.8, 4) is 0 Å². The van der Waals surface area contributed by atoms with Gasteiger partial charge >= 0.3 is 0 Å². The topological polar surface area (TPSA) is 21.3 Å². The summed E-state index contributed by atoms with van der Waals surface area (Å²) in [5, 5.41) is 3.79. The zero-order chi connectivity index (χ0) is 14.9. The van der Waals surface area contributed by atoms with Gasteiger partial charge in [0.05, 0.1) is 11.8 Å². The van der Waals surface area contributed by atoms with E-state index in [9.17, 15) is 0 Å². The van der Waals surface area contributed by atoms with E-state index in [1.54, 1.807) is 0 Å². The number of halogens is 2. The third-order valence-corrected chi connectivity index (χ3v) is 6.54. The molecule has 4 heteroatoms. The van der Waals surface area contributed by atoms with Crippen molar-refractivity contribution < 1.29 is 4.74 Å². The molecule has 0 saturated heterocycles. The van der Waals surface area contributed by atoms with Gasteiger partial charge in [0.1, 0.15) is 0 Å². The smallest absolute Gasteiger partial charge is 0.0670 e. The van der Waals surface area contributed by atoms with E-state index < -0.39 is 0 Å². The van der Waals surface area contributed by atoms with Crippen molar-refractivity contribution in [1.82, 2.24) is 0 Å². The molecule has 0 amide bonds. The number of hydrogen-bond acceptors (Lipinski definition) is 2. The zero-order valence-electron chi connectivity index (χ0n) is 12.5. The van der Waals surface area contributed by atoms with E-state index in [1.807, 2.05) is 0 Å². The number of ether oxygens (including phenoxy) is 1. The van der Waals surface area contributed by atoms with Crippen LogP contribution in [0.1, 0.15) is 45.4 Å². The lowest BCUT2D eigenvalue weighted by Gasteiger charge is -2.58. The van der Waals surface area contributed by atoms with Gasteiger partial charge in [-0.3, -0.25) is 0 Å². The maximum absolute atomic E-state index is 6.04. The van der Waals surface area contributed by atoms with Gasteiger partial charge in [-0.05, 0) is 70.2 Å². The first-order chi connectivity index (χ1) is 10.2. The Morgan fingerprint density at radius 1 is 1.19 bits per heavy atom. The van der Waals surface area contributed by atoms with Gasteiger partial charge < -0.3 is 10.1 Å². The summed E-state index contributed by atoms with van der Waals surface area (Å²) in [7, 11) is 0. The predicted molar refractivity (Wildman–Crippen MR) is 94.8 cm³/mol. The third kappa shape index (κ3) is 2.91. The molecule has 2 saturated carbocycles. The van der Waals surface area contributed by atoms with Gasteiger partial charge in [-0.15, -0.1) is 0 Å². The summed E-state index contributed by atoms with van der Waals surface area (Å²) in [6, 6.07) is 6.78. The Labute approximate surface area is 144 Å². The molecule has 0 aliphatic heterocycles. The third-order valence-electron chi connectivity index (χ3n) is 5.22. The van der Waals surface area contributed by atoms with Gasteiger partial charge in [-0.25, -0.2) is 0 Å². The first kappa shape index (κ1) is 15.8. The highest BCUT2D eigenvalue weighted by Crippen LogP contribution is 2.54. The van der Waals surface area contributed by atoms with Crippen LogP contribution in [0.25, 0.3) is 0 Å². The average Bonchev–Trinajstić information content (AvgIpc) is 2.50. The molecule has 1 N–H and O–H groups in total. The second kappa shape index (κ2) is 6.59. The van der Waals surface area contributed by atoms with E-state index in [0.29, 0.717) is 17.6 Å². The van der Waals surface area contributed by atoms with E-state index >= 15 is 0 Å². The molecule has 1 aromatic carbocycles. The largest absolute Gasteiger partial charge is 0.380 e. The molecular weight excluding hydrogens is 394 g/mol. The maximum Gasteiger partial charge on any atom is 0.0670 e. The van der Waals surface area contributed by atoms with Crippen LogP contribution in [0.3, 0.4) is 0 Å². The molecule has 0 aromatic heterocycles. The van der Waals surface area contributed by atoms with Crippen molar-refractivity contribution in [3.63, 3.8) is 0 Å². The van der Waals surface area contributed by atoms with Gasteiger partial charge in [0.15, 0.2) is 0 Å². The summed E-state index contributed by atoms with van der Waals surface area (Å²) in [4.78, 5) is 0. The van der Waals surface area contributed by atoms with Crippen LogP contribution < -0.4 is 5.32 Å². The minimum atomic E-state index is 0.350. The fourth-order valence-electron chi connectivity index (χ4n) is 4.08. The molecule has 116 valence electrons. The molecule has 3 rings (SSSR count). The van der Waals surface area contributed by atoms with Crippen LogP contribution in [0.4, 0.5) is 5.69 Å². The molecule has 1 aromatic rings. The van der Waals surface area contributed by atoms with Crippen LogP contribution in [0.2, 0.25) is 0 Å². The molecular formula is C17H23Br2NO. The Kier molecular flexibility index (Phi) is 4.97. The van der Waals surface area contributed by atoms with Gasteiger partial charge in [0.25, 0.3) is 0 Å². The Bertz CT molecular complexity index is 479. The van der Waals surface area contributed by atoms with Gasteiger partial charge in [0.2, 0.25) is 0 Å². The van der Waals surface area contributed by atoms with E-state index in [1.165, 1.54) is 37.8 Å².